The Balaban J connectivity index is 1.52. The molecule has 1 fully saturated rings. The number of nitrogens with one attached hydrogen (secondary N) is 2. The lowest BCUT2D eigenvalue weighted by molar-refractivity contribution is -0.111. The van der Waals surface area contributed by atoms with Crippen LogP contribution in [0, 0.1) is 5.82 Å². The van der Waals surface area contributed by atoms with Gasteiger partial charge in [-0.25, -0.2) is 14.4 Å². The van der Waals surface area contributed by atoms with Crippen LogP contribution in [0.1, 0.15) is 6.42 Å². The van der Waals surface area contributed by atoms with E-state index in [1.54, 1.807) is 30.6 Å². The molecule has 1 aliphatic heterocycles. The number of anilines is 3. The molecule has 0 bridgehead atoms. The molecule has 4 aromatic rings. The predicted molar refractivity (Wildman–Crippen MR) is 142 cm³/mol. The first kappa shape index (κ1) is 25.0. The van der Waals surface area contributed by atoms with Crippen LogP contribution in [0.15, 0.2) is 61.7 Å². The van der Waals surface area contributed by atoms with Gasteiger partial charge in [0.25, 0.3) is 0 Å². The number of ether oxygens (including phenoxy) is 2. The molecule has 38 heavy (non-hydrogen) atoms. The van der Waals surface area contributed by atoms with Gasteiger partial charge in [-0.1, -0.05) is 6.58 Å². The van der Waals surface area contributed by atoms with Gasteiger partial charge >= 0.3 is 0 Å². The topological polar surface area (TPSA) is 114 Å². The molecule has 0 spiro atoms. The van der Waals surface area contributed by atoms with Gasteiger partial charge in [0.2, 0.25) is 11.9 Å². The quantitative estimate of drug-likeness (QED) is 0.334. The Morgan fingerprint density at radius 1 is 1.18 bits per heavy atom. The smallest absolute Gasteiger partial charge is 0.247 e. The van der Waals surface area contributed by atoms with Crippen molar-refractivity contribution in [2.45, 2.75) is 12.5 Å². The summed E-state index contributed by atoms with van der Waals surface area (Å²) < 4.78 is 25.7. The standard InChI is InChI=1S/C27H26FN7O3/c1-4-24(36)32-21-10-20(22(37-3)11-23(21)38-19-6-8-35(2)15-19)33-27-31-13-16-5-7-30-25(26(16)34-27)17-9-18(28)14-29-12-17/h4-5,7,9-14,19H,1,6,8,15H2,2-3H3,(H,32,36)(H,31,33,34). The van der Waals surface area contributed by atoms with Crippen molar-refractivity contribution in [2.24, 2.45) is 0 Å². The monoisotopic (exact) mass is 515 g/mol. The molecule has 1 saturated heterocycles. The molecule has 5 rings (SSSR count). The Morgan fingerprint density at radius 3 is 2.79 bits per heavy atom. The third kappa shape index (κ3) is 5.37. The average Bonchev–Trinajstić information content (AvgIpc) is 3.33. The largest absolute Gasteiger partial charge is 0.494 e. The Morgan fingerprint density at radius 2 is 2.05 bits per heavy atom. The van der Waals surface area contributed by atoms with Crippen molar-refractivity contribution < 1.29 is 18.7 Å². The number of benzene rings is 1. The third-order valence-corrected chi connectivity index (χ3v) is 6.11. The molecule has 0 radical (unpaired) electrons. The zero-order valence-electron chi connectivity index (χ0n) is 20.9. The average molecular weight is 516 g/mol. The van der Waals surface area contributed by atoms with E-state index in [1.807, 2.05) is 7.05 Å². The summed E-state index contributed by atoms with van der Waals surface area (Å²) in [6.45, 7) is 5.24. The molecule has 4 heterocycles. The number of methoxy groups -OCH3 is 1. The Hall–Kier alpha value is -4.64. The molecule has 0 aliphatic carbocycles. The highest BCUT2D eigenvalue weighted by Gasteiger charge is 2.24. The highest BCUT2D eigenvalue weighted by molar-refractivity contribution is 6.00. The fourth-order valence-electron chi connectivity index (χ4n) is 4.27. The van der Waals surface area contributed by atoms with Crippen LogP contribution < -0.4 is 20.1 Å². The maximum absolute atomic E-state index is 13.8. The molecule has 1 amide bonds. The zero-order valence-corrected chi connectivity index (χ0v) is 20.9. The van der Waals surface area contributed by atoms with Gasteiger partial charge in [-0.15, -0.1) is 0 Å². The van der Waals surface area contributed by atoms with E-state index in [9.17, 15) is 9.18 Å². The number of hydrogen-bond acceptors (Lipinski definition) is 9. The van der Waals surface area contributed by atoms with Crippen molar-refractivity contribution in [2.75, 3.05) is 37.9 Å². The second kappa shape index (κ2) is 10.8. The highest BCUT2D eigenvalue weighted by atomic mass is 19.1. The van der Waals surface area contributed by atoms with E-state index in [-0.39, 0.29) is 18.0 Å². The fraction of sp³-hybridized carbons (Fsp3) is 0.222. The minimum Gasteiger partial charge on any atom is -0.494 e. The predicted octanol–water partition coefficient (Wildman–Crippen LogP) is 4.19. The third-order valence-electron chi connectivity index (χ3n) is 6.11. The van der Waals surface area contributed by atoms with Crippen molar-refractivity contribution in [1.29, 1.82) is 0 Å². The number of likely N-dealkylation sites (tertiary alicyclic amines) is 1. The van der Waals surface area contributed by atoms with E-state index in [2.05, 4.69) is 42.0 Å². The minimum absolute atomic E-state index is 0.0186. The van der Waals surface area contributed by atoms with Gasteiger partial charge in [0.05, 0.1) is 30.4 Å². The van der Waals surface area contributed by atoms with Crippen molar-refractivity contribution >= 4 is 34.1 Å². The molecule has 2 N–H and O–H groups in total. The molecule has 194 valence electrons. The molecule has 1 aliphatic rings. The summed E-state index contributed by atoms with van der Waals surface area (Å²) in [6.07, 6.45) is 7.95. The first-order valence-corrected chi connectivity index (χ1v) is 11.9. The van der Waals surface area contributed by atoms with Gasteiger partial charge in [0, 0.05) is 48.7 Å². The van der Waals surface area contributed by atoms with Crippen molar-refractivity contribution in [3.63, 3.8) is 0 Å². The maximum atomic E-state index is 13.8. The van der Waals surface area contributed by atoms with Gasteiger partial charge in [0.15, 0.2) is 0 Å². The molecule has 0 saturated carbocycles. The zero-order chi connectivity index (χ0) is 26.6. The van der Waals surface area contributed by atoms with Gasteiger partial charge in [-0.3, -0.25) is 14.8 Å². The lowest BCUT2D eigenvalue weighted by Gasteiger charge is -2.20. The van der Waals surface area contributed by atoms with Crippen molar-refractivity contribution in [3.8, 4) is 22.8 Å². The highest BCUT2D eigenvalue weighted by Crippen LogP contribution is 2.39. The molecular formula is C27H26FN7O3. The summed E-state index contributed by atoms with van der Waals surface area (Å²) in [7, 11) is 3.57. The van der Waals surface area contributed by atoms with Gasteiger partial charge in [0.1, 0.15) is 28.9 Å². The fourth-order valence-corrected chi connectivity index (χ4v) is 4.27. The summed E-state index contributed by atoms with van der Waals surface area (Å²) in [5, 5.41) is 6.69. The molecule has 1 unspecified atom stereocenters. The molecular weight excluding hydrogens is 489 g/mol. The summed E-state index contributed by atoms with van der Waals surface area (Å²) in [4.78, 5) is 31.7. The van der Waals surface area contributed by atoms with Gasteiger partial charge in [-0.05, 0) is 37.7 Å². The Labute approximate surface area is 218 Å². The number of likely N-dealkylation sites (N-methyl/N-ethyl adjacent to an activating group) is 1. The number of nitrogens with zero attached hydrogens (tertiary/aromatic N) is 5. The molecule has 1 atom stereocenters. The summed E-state index contributed by atoms with van der Waals surface area (Å²) >= 11 is 0. The van der Waals surface area contributed by atoms with E-state index < -0.39 is 5.82 Å². The van der Waals surface area contributed by atoms with Crippen molar-refractivity contribution in [1.82, 2.24) is 24.8 Å². The minimum atomic E-state index is -0.473. The van der Waals surface area contributed by atoms with Crippen LogP contribution in [0.4, 0.5) is 21.7 Å². The first-order chi connectivity index (χ1) is 18.4. The second-order valence-electron chi connectivity index (χ2n) is 8.84. The summed E-state index contributed by atoms with van der Waals surface area (Å²) in [5.41, 5.74) is 2.42. The van der Waals surface area contributed by atoms with Crippen LogP contribution in [0.5, 0.6) is 11.5 Å². The number of aromatic nitrogens is 4. The lowest BCUT2D eigenvalue weighted by Crippen LogP contribution is -2.22. The van der Waals surface area contributed by atoms with Crippen molar-refractivity contribution in [3.05, 3.63) is 67.5 Å². The van der Waals surface area contributed by atoms with Crippen LogP contribution in [0.3, 0.4) is 0 Å². The number of carbonyl (C=O) groups excluding carboxylic acids is 1. The number of halogens is 1. The second-order valence-corrected chi connectivity index (χ2v) is 8.84. The molecule has 10 nitrogen and oxygen atoms in total. The summed E-state index contributed by atoms with van der Waals surface area (Å²) in [6, 6.07) is 6.53. The number of rotatable bonds is 8. The van der Waals surface area contributed by atoms with Gasteiger partial charge < -0.3 is 25.0 Å². The van der Waals surface area contributed by atoms with Crippen LogP contribution in [-0.2, 0) is 4.79 Å². The number of carbonyl (C=O) groups is 1. The van der Waals surface area contributed by atoms with Crippen LogP contribution in [-0.4, -0.2) is 64.1 Å². The molecule has 3 aromatic heterocycles. The van der Waals surface area contributed by atoms with E-state index >= 15 is 0 Å². The van der Waals surface area contributed by atoms with Crippen LogP contribution >= 0.6 is 0 Å². The lowest BCUT2D eigenvalue weighted by atomic mass is 10.1. The van der Waals surface area contributed by atoms with E-state index in [4.69, 9.17) is 9.47 Å². The number of pyridine rings is 2. The SMILES string of the molecule is C=CC(=O)Nc1cc(Nc2ncc3ccnc(-c4cncc(F)c4)c3n2)c(OC)cc1OC1CCN(C)C1. The molecule has 11 heteroatoms. The number of hydrogen-bond donors (Lipinski definition) is 2. The molecule has 1 aromatic carbocycles. The van der Waals surface area contributed by atoms with Gasteiger partial charge in [-0.2, -0.15) is 0 Å². The first-order valence-electron chi connectivity index (χ1n) is 11.9. The van der Waals surface area contributed by atoms with E-state index in [1.165, 1.54) is 25.4 Å². The van der Waals surface area contributed by atoms with E-state index in [0.717, 1.165) is 31.1 Å². The maximum Gasteiger partial charge on any atom is 0.247 e. The number of amides is 1. The summed E-state index contributed by atoms with van der Waals surface area (Å²) in [5.74, 6) is 0.344. The van der Waals surface area contributed by atoms with Crippen LogP contribution in [0.2, 0.25) is 0 Å². The Kier molecular flexibility index (Phi) is 7.09. The Bertz CT molecular complexity index is 1510. The van der Waals surface area contributed by atoms with E-state index in [0.29, 0.717) is 39.6 Å². The van der Waals surface area contributed by atoms with Crippen LogP contribution in [0.25, 0.3) is 22.2 Å². The number of fused-ring (bicyclic) bond motifs is 1. The normalized spacial score (nSPS) is 15.3.